The van der Waals surface area contributed by atoms with Crippen molar-refractivity contribution in [3.8, 4) is 0 Å². The van der Waals surface area contributed by atoms with Gasteiger partial charge in [0.2, 0.25) is 0 Å². The fourth-order valence-electron chi connectivity index (χ4n) is 1.23. The topological polar surface area (TPSA) is 65.4 Å². The van der Waals surface area contributed by atoms with E-state index in [4.69, 9.17) is 10.1 Å². The van der Waals surface area contributed by atoms with Crippen molar-refractivity contribution in [3.63, 3.8) is 0 Å². The van der Waals surface area contributed by atoms with E-state index in [9.17, 15) is 4.79 Å². The number of nitrogens with zero attached hydrogens (tertiary/aromatic N) is 1. The van der Waals surface area contributed by atoms with Gasteiger partial charge < -0.3 is 15.0 Å². The molecule has 1 heterocycles. The first-order valence-corrected chi connectivity index (χ1v) is 4.37. The Morgan fingerprint density at radius 1 is 1.69 bits per heavy atom. The Kier molecular flexibility index (Phi) is 3.11. The van der Waals surface area contributed by atoms with Crippen molar-refractivity contribution in [2.24, 2.45) is 5.92 Å². The molecular formula is C8H15N3O2. The SMILES string of the molecule is CCOC(=O)C1CN(C(=N)NC)C1. The highest BCUT2D eigenvalue weighted by molar-refractivity contribution is 5.81. The Labute approximate surface area is 77.6 Å². The molecule has 0 radical (unpaired) electrons. The van der Waals surface area contributed by atoms with Crippen LogP contribution in [0.3, 0.4) is 0 Å². The van der Waals surface area contributed by atoms with Crippen LogP contribution in [0.15, 0.2) is 0 Å². The Balaban J connectivity index is 2.25. The van der Waals surface area contributed by atoms with E-state index in [1.54, 1.807) is 18.9 Å². The van der Waals surface area contributed by atoms with Gasteiger partial charge in [-0.3, -0.25) is 10.2 Å². The molecule has 74 valence electrons. The number of carbonyl (C=O) groups excluding carboxylic acids is 1. The molecule has 5 heteroatoms. The smallest absolute Gasteiger partial charge is 0.312 e. The number of ether oxygens (including phenoxy) is 1. The zero-order valence-electron chi connectivity index (χ0n) is 7.96. The first-order valence-electron chi connectivity index (χ1n) is 4.37. The van der Waals surface area contributed by atoms with E-state index < -0.39 is 0 Å². The van der Waals surface area contributed by atoms with E-state index in [1.165, 1.54) is 0 Å². The third-order valence-electron chi connectivity index (χ3n) is 2.05. The van der Waals surface area contributed by atoms with Crippen molar-refractivity contribution in [1.29, 1.82) is 5.41 Å². The zero-order valence-corrected chi connectivity index (χ0v) is 7.96. The van der Waals surface area contributed by atoms with Gasteiger partial charge in [-0.25, -0.2) is 0 Å². The number of hydrogen-bond acceptors (Lipinski definition) is 3. The first kappa shape index (κ1) is 9.83. The maximum Gasteiger partial charge on any atom is 0.312 e. The lowest BCUT2D eigenvalue weighted by Gasteiger charge is -2.38. The summed E-state index contributed by atoms with van der Waals surface area (Å²) in [5.41, 5.74) is 0. The fourth-order valence-corrected chi connectivity index (χ4v) is 1.23. The highest BCUT2D eigenvalue weighted by atomic mass is 16.5. The van der Waals surface area contributed by atoms with Gasteiger partial charge in [-0.1, -0.05) is 0 Å². The average Bonchev–Trinajstić information content (AvgIpc) is 2.01. The molecular weight excluding hydrogens is 170 g/mol. The molecule has 13 heavy (non-hydrogen) atoms. The van der Waals surface area contributed by atoms with Crippen LogP contribution in [0, 0.1) is 11.3 Å². The minimum absolute atomic E-state index is 0.0475. The van der Waals surface area contributed by atoms with E-state index in [0.717, 1.165) is 0 Å². The molecule has 0 aliphatic carbocycles. The van der Waals surface area contributed by atoms with Crippen LogP contribution in [0.4, 0.5) is 0 Å². The standard InChI is InChI=1S/C8H15N3O2/c1-3-13-7(12)6-4-11(5-6)8(9)10-2/h6H,3-5H2,1-2H3,(H2,9,10). The van der Waals surface area contributed by atoms with Crippen molar-refractivity contribution in [2.45, 2.75) is 6.92 Å². The molecule has 1 rings (SSSR count). The Bertz CT molecular complexity index is 211. The maximum absolute atomic E-state index is 11.1. The van der Waals surface area contributed by atoms with Crippen molar-refractivity contribution < 1.29 is 9.53 Å². The number of rotatable bonds is 2. The summed E-state index contributed by atoms with van der Waals surface area (Å²) in [6, 6.07) is 0. The number of nitrogens with one attached hydrogen (secondary N) is 2. The lowest BCUT2D eigenvalue weighted by Crippen LogP contribution is -2.56. The number of carbonyl (C=O) groups is 1. The quantitative estimate of drug-likeness (QED) is 0.350. The van der Waals surface area contributed by atoms with Gasteiger partial charge in [0, 0.05) is 20.1 Å². The molecule has 0 aromatic carbocycles. The zero-order chi connectivity index (χ0) is 9.84. The van der Waals surface area contributed by atoms with Crippen molar-refractivity contribution >= 4 is 11.9 Å². The van der Waals surface area contributed by atoms with Crippen LogP contribution in [-0.4, -0.2) is 43.6 Å². The number of guanidine groups is 1. The van der Waals surface area contributed by atoms with Crippen LogP contribution < -0.4 is 5.32 Å². The largest absolute Gasteiger partial charge is 0.466 e. The molecule has 0 unspecified atom stereocenters. The second-order valence-corrected chi connectivity index (χ2v) is 2.95. The van der Waals surface area contributed by atoms with Crippen molar-refractivity contribution in [3.05, 3.63) is 0 Å². The summed E-state index contributed by atoms with van der Waals surface area (Å²) in [6.07, 6.45) is 0. The molecule has 0 amide bonds. The van der Waals surface area contributed by atoms with E-state index in [1.807, 2.05) is 0 Å². The van der Waals surface area contributed by atoms with Crippen LogP contribution in [0.5, 0.6) is 0 Å². The molecule has 1 aliphatic rings. The molecule has 0 bridgehead atoms. The van der Waals surface area contributed by atoms with E-state index in [0.29, 0.717) is 25.7 Å². The summed E-state index contributed by atoms with van der Waals surface area (Å²) >= 11 is 0. The third kappa shape index (κ3) is 2.11. The normalized spacial score (nSPS) is 16.3. The van der Waals surface area contributed by atoms with Gasteiger partial charge in [-0.2, -0.15) is 0 Å². The summed E-state index contributed by atoms with van der Waals surface area (Å²) in [6.45, 7) is 3.42. The highest BCUT2D eigenvalue weighted by Crippen LogP contribution is 2.16. The van der Waals surface area contributed by atoms with Gasteiger partial charge in [0.1, 0.15) is 0 Å². The van der Waals surface area contributed by atoms with Crippen LogP contribution in [0.25, 0.3) is 0 Å². The monoisotopic (exact) mass is 185 g/mol. The maximum atomic E-state index is 11.1. The summed E-state index contributed by atoms with van der Waals surface area (Å²) < 4.78 is 4.85. The summed E-state index contributed by atoms with van der Waals surface area (Å²) in [5.74, 6) is 0.164. The molecule has 0 saturated carbocycles. The molecule has 0 spiro atoms. The predicted molar refractivity (Wildman–Crippen MR) is 48.5 cm³/mol. The Hall–Kier alpha value is -1.26. The lowest BCUT2D eigenvalue weighted by atomic mass is 10.0. The first-order chi connectivity index (χ1) is 6.19. The Morgan fingerprint density at radius 2 is 2.31 bits per heavy atom. The summed E-state index contributed by atoms with van der Waals surface area (Å²) in [4.78, 5) is 12.9. The van der Waals surface area contributed by atoms with Crippen LogP contribution in [0.1, 0.15) is 6.92 Å². The fraction of sp³-hybridized carbons (Fsp3) is 0.750. The van der Waals surface area contributed by atoms with Gasteiger partial charge in [0.15, 0.2) is 5.96 Å². The minimum Gasteiger partial charge on any atom is -0.466 e. The van der Waals surface area contributed by atoms with E-state index in [-0.39, 0.29) is 11.9 Å². The summed E-state index contributed by atoms with van der Waals surface area (Å²) in [5, 5.41) is 10.1. The molecule has 0 aromatic heterocycles. The molecule has 5 nitrogen and oxygen atoms in total. The van der Waals surface area contributed by atoms with Gasteiger partial charge in [0.25, 0.3) is 0 Å². The molecule has 1 aliphatic heterocycles. The summed E-state index contributed by atoms with van der Waals surface area (Å²) in [7, 11) is 1.69. The highest BCUT2D eigenvalue weighted by Gasteiger charge is 2.34. The van der Waals surface area contributed by atoms with E-state index >= 15 is 0 Å². The minimum atomic E-state index is -0.150. The van der Waals surface area contributed by atoms with Crippen LogP contribution in [0.2, 0.25) is 0 Å². The predicted octanol–water partition coefficient (Wildman–Crippen LogP) is -0.365. The number of likely N-dealkylation sites (tertiary alicyclic amines) is 1. The molecule has 0 atom stereocenters. The van der Waals surface area contributed by atoms with Gasteiger partial charge in [-0.15, -0.1) is 0 Å². The second-order valence-electron chi connectivity index (χ2n) is 2.95. The second kappa shape index (κ2) is 4.11. The molecule has 1 saturated heterocycles. The third-order valence-corrected chi connectivity index (χ3v) is 2.05. The van der Waals surface area contributed by atoms with Crippen LogP contribution >= 0.6 is 0 Å². The van der Waals surface area contributed by atoms with Crippen LogP contribution in [-0.2, 0) is 9.53 Å². The van der Waals surface area contributed by atoms with Gasteiger partial charge in [0.05, 0.1) is 12.5 Å². The lowest BCUT2D eigenvalue weighted by molar-refractivity contribution is -0.152. The van der Waals surface area contributed by atoms with Crippen molar-refractivity contribution in [1.82, 2.24) is 10.2 Å². The molecule has 0 aromatic rings. The number of hydrogen-bond donors (Lipinski definition) is 2. The van der Waals surface area contributed by atoms with Gasteiger partial charge in [-0.05, 0) is 6.92 Å². The number of esters is 1. The average molecular weight is 185 g/mol. The van der Waals surface area contributed by atoms with Gasteiger partial charge >= 0.3 is 5.97 Å². The Morgan fingerprint density at radius 3 is 2.77 bits per heavy atom. The molecule has 2 N–H and O–H groups in total. The van der Waals surface area contributed by atoms with Crippen molar-refractivity contribution in [2.75, 3.05) is 26.7 Å². The molecule has 1 fully saturated rings. The van der Waals surface area contributed by atoms with E-state index in [2.05, 4.69) is 5.32 Å².